The van der Waals surface area contributed by atoms with Gasteiger partial charge in [0.25, 0.3) is 0 Å². The summed E-state index contributed by atoms with van der Waals surface area (Å²) in [5.41, 5.74) is 0.465. The van der Waals surface area contributed by atoms with E-state index in [0.717, 1.165) is 0 Å². The van der Waals surface area contributed by atoms with Crippen LogP contribution in [0.2, 0.25) is 0 Å². The largest absolute Gasteiger partial charge is 0.485 e. The molecule has 0 saturated carbocycles. The first-order valence-corrected chi connectivity index (χ1v) is 4.70. The highest BCUT2D eigenvalue weighted by molar-refractivity contribution is 5.29. The Balaban J connectivity index is 2.06. The molecule has 4 nitrogen and oxygen atoms in total. The molecule has 0 unspecified atom stereocenters. The summed E-state index contributed by atoms with van der Waals surface area (Å²) in [6, 6.07) is 5.72. The van der Waals surface area contributed by atoms with Gasteiger partial charge in [0.2, 0.25) is 0 Å². The van der Waals surface area contributed by atoms with Gasteiger partial charge < -0.3 is 14.4 Å². The van der Waals surface area contributed by atoms with E-state index >= 15 is 0 Å². The first-order valence-electron chi connectivity index (χ1n) is 4.70. The minimum atomic E-state index is -0.445. The van der Waals surface area contributed by atoms with Crippen LogP contribution in [0.4, 0.5) is 4.39 Å². The van der Waals surface area contributed by atoms with E-state index in [-0.39, 0.29) is 13.2 Å². The molecule has 0 aliphatic carbocycles. The quantitative estimate of drug-likeness (QED) is 0.859. The number of nitrogens with zero attached hydrogens (tertiary/aromatic N) is 1. The average Bonchev–Trinajstić information content (AvgIpc) is 2.78. The fourth-order valence-electron chi connectivity index (χ4n) is 1.27. The number of halogens is 1. The molecule has 1 aromatic heterocycles. The molecule has 0 radical (unpaired) electrons. The van der Waals surface area contributed by atoms with Crippen molar-refractivity contribution in [3.63, 3.8) is 0 Å². The normalized spacial score (nSPS) is 10.4. The molecule has 1 N–H and O–H groups in total. The molecule has 16 heavy (non-hydrogen) atoms. The minimum absolute atomic E-state index is 0.175. The standard InChI is InChI=1S/C11H10FNO3/c12-9-3-8(6-14)4-11(5-9)15-7-10-1-2-13-16-10/h1-5,14H,6-7H2. The summed E-state index contributed by atoms with van der Waals surface area (Å²) in [6.07, 6.45) is 1.50. The van der Waals surface area contributed by atoms with Crippen molar-refractivity contribution in [3.8, 4) is 5.75 Å². The number of rotatable bonds is 4. The van der Waals surface area contributed by atoms with Crippen molar-refractivity contribution in [2.75, 3.05) is 0 Å². The molecule has 0 fully saturated rings. The highest BCUT2D eigenvalue weighted by atomic mass is 19.1. The molecule has 1 aromatic carbocycles. The SMILES string of the molecule is OCc1cc(F)cc(OCc2ccno2)c1. The van der Waals surface area contributed by atoms with Crippen molar-refractivity contribution in [2.45, 2.75) is 13.2 Å². The molecule has 0 aliphatic rings. The lowest BCUT2D eigenvalue weighted by Gasteiger charge is -2.05. The highest BCUT2D eigenvalue weighted by Gasteiger charge is 2.03. The van der Waals surface area contributed by atoms with Crippen molar-refractivity contribution in [2.24, 2.45) is 0 Å². The van der Waals surface area contributed by atoms with Crippen molar-refractivity contribution in [1.82, 2.24) is 5.16 Å². The number of aromatic nitrogens is 1. The molecule has 0 bridgehead atoms. The van der Waals surface area contributed by atoms with Gasteiger partial charge in [-0.2, -0.15) is 0 Å². The van der Waals surface area contributed by atoms with Crippen LogP contribution >= 0.6 is 0 Å². The van der Waals surface area contributed by atoms with Gasteiger partial charge in [0.15, 0.2) is 5.76 Å². The Morgan fingerprint density at radius 1 is 1.38 bits per heavy atom. The van der Waals surface area contributed by atoms with Gasteiger partial charge in [-0.1, -0.05) is 5.16 Å². The molecular formula is C11H10FNO3. The third-order valence-electron chi connectivity index (χ3n) is 1.99. The summed E-state index contributed by atoms with van der Waals surface area (Å²) in [5, 5.41) is 12.4. The van der Waals surface area contributed by atoms with Gasteiger partial charge in [-0.3, -0.25) is 0 Å². The third kappa shape index (κ3) is 2.58. The molecule has 2 aromatic rings. The summed E-state index contributed by atoms with van der Waals surface area (Å²) in [6.45, 7) is -0.0508. The Morgan fingerprint density at radius 3 is 2.94 bits per heavy atom. The Hall–Kier alpha value is -1.88. The van der Waals surface area contributed by atoms with Crippen LogP contribution in [0.5, 0.6) is 5.75 Å². The summed E-state index contributed by atoms with van der Waals surface area (Å²) in [7, 11) is 0. The van der Waals surface area contributed by atoms with Crippen molar-refractivity contribution in [1.29, 1.82) is 0 Å². The van der Waals surface area contributed by atoms with Gasteiger partial charge in [-0.15, -0.1) is 0 Å². The highest BCUT2D eigenvalue weighted by Crippen LogP contribution is 2.17. The van der Waals surface area contributed by atoms with Gasteiger partial charge >= 0.3 is 0 Å². The second-order valence-electron chi connectivity index (χ2n) is 3.22. The van der Waals surface area contributed by atoms with Crippen LogP contribution in [0.15, 0.2) is 35.0 Å². The molecule has 0 aliphatic heterocycles. The molecule has 5 heteroatoms. The lowest BCUT2D eigenvalue weighted by molar-refractivity contribution is 0.246. The molecule has 0 saturated heterocycles. The summed E-state index contributed by atoms with van der Waals surface area (Å²) >= 11 is 0. The molecule has 1 heterocycles. The topological polar surface area (TPSA) is 55.5 Å². The predicted molar refractivity (Wildman–Crippen MR) is 53.2 cm³/mol. The van der Waals surface area contributed by atoms with E-state index in [1.54, 1.807) is 12.1 Å². The Labute approximate surface area is 91.3 Å². The van der Waals surface area contributed by atoms with Crippen LogP contribution in [0.25, 0.3) is 0 Å². The number of benzene rings is 1. The number of aliphatic hydroxyl groups is 1. The lowest BCUT2D eigenvalue weighted by Crippen LogP contribution is -1.96. The van der Waals surface area contributed by atoms with E-state index in [0.29, 0.717) is 17.1 Å². The smallest absolute Gasteiger partial charge is 0.174 e. The zero-order valence-corrected chi connectivity index (χ0v) is 8.39. The molecule has 84 valence electrons. The van der Waals surface area contributed by atoms with Crippen LogP contribution in [-0.4, -0.2) is 10.3 Å². The van der Waals surface area contributed by atoms with Gasteiger partial charge in [-0.05, 0) is 17.7 Å². The zero-order chi connectivity index (χ0) is 11.4. The summed E-state index contributed by atoms with van der Waals surface area (Å²) in [5.74, 6) is 0.453. The van der Waals surface area contributed by atoms with Gasteiger partial charge in [0.05, 0.1) is 12.8 Å². The van der Waals surface area contributed by atoms with E-state index in [1.165, 1.54) is 18.3 Å². The van der Waals surface area contributed by atoms with Crippen LogP contribution in [0.3, 0.4) is 0 Å². The molecule has 2 rings (SSSR count). The van der Waals surface area contributed by atoms with E-state index < -0.39 is 5.82 Å². The molecule has 0 spiro atoms. The second-order valence-corrected chi connectivity index (χ2v) is 3.22. The lowest BCUT2D eigenvalue weighted by atomic mass is 10.2. The third-order valence-corrected chi connectivity index (χ3v) is 1.99. The molecule has 0 atom stereocenters. The summed E-state index contributed by atoms with van der Waals surface area (Å²) in [4.78, 5) is 0. The van der Waals surface area contributed by atoms with Gasteiger partial charge in [0.1, 0.15) is 18.2 Å². The fourth-order valence-corrected chi connectivity index (χ4v) is 1.27. The van der Waals surface area contributed by atoms with Crippen LogP contribution in [0, 0.1) is 5.82 Å². The number of ether oxygens (including phenoxy) is 1. The minimum Gasteiger partial charge on any atom is -0.485 e. The first-order chi connectivity index (χ1) is 7.78. The number of hydrogen-bond acceptors (Lipinski definition) is 4. The van der Waals surface area contributed by atoms with Gasteiger partial charge in [-0.25, -0.2) is 4.39 Å². The maximum atomic E-state index is 13.1. The van der Waals surface area contributed by atoms with E-state index in [2.05, 4.69) is 5.16 Å². The maximum absolute atomic E-state index is 13.1. The first kappa shape index (κ1) is 10.6. The Bertz CT molecular complexity index is 456. The molecular weight excluding hydrogens is 213 g/mol. The average molecular weight is 223 g/mol. The molecule has 0 amide bonds. The van der Waals surface area contributed by atoms with Crippen molar-refractivity contribution in [3.05, 3.63) is 47.6 Å². The predicted octanol–water partition coefficient (Wildman–Crippen LogP) is 1.89. The Morgan fingerprint density at radius 2 is 2.25 bits per heavy atom. The van der Waals surface area contributed by atoms with Gasteiger partial charge in [0, 0.05) is 12.1 Å². The van der Waals surface area contributed by atoms with Crippen molar-refractivity contribution < 1.29 is 18.8 Å². The summed E-state index contributed by atoms with van der Waals surface area (Å²) < 4.78 is 23.2. The van der Waals surface area contributed by atoms with E-state index in [1.807, 2.05) is 0 Å². The van der Waals surface area contributed by atoms with E-state index in [4.69, 9.17) is 14.4 Å². The number of hydrogen-bond donors (Lipinski definition) is 1. The van der Waals surface area contributed by atoms with E-state index in [9.17, 15) is 4.39 Å². The van der Waals surface area contributed by atoms with Crippen LogP contribution in [-0.2, 0) is 13.2 Å². The zero-order valence-electron chi connectivity index (χ0n) is 8.39. The van der Waals surface area contributed by atoms with Crippen molar-refractivity contribution >= 4 is 0 Å². The Kier molecular flexibility index (Phi) is 3.16. The monoisotopic (exact) mass is 223 g/mol. The number of aliphatic hydroxyl groups excluding tert-OH is 1. The van der Waals surface area contributed by atoms with Crippen LogP contribution in [0.1, 0.15) is 11.3 Å². The van der Waals surface area contributed by atoms with Crippen LogP contribution < -0.4 is 4.74 Å². The fraction of sp³-hybridized carbons (Fsp3) is 0.182. The maximum Gasteiger partial charge on any atom is 0.174 e. The second kappa shape index (κ2) is 4.76.